The van der Waals surface area contributed by atoms with E-state index in [9.17, 15) is 18.0 Å². The Labute approximate surface area is 129 Å². The molecule has 1 atom stereocenters. The Bertz CT molecular complexity index is 535. The lowest BCUT2D eigenvalue weighted by atomic mass is 9.95. The Morgan fingerprint density at radius 1 is 1.45 bits per heavy atom. The molecule has 2 N–H and O–H groups in total. The topological polar surface area (TPSA) is 81.3 Å². The third-order valence-electron chi connectivity index (χ3n) is 3.41. The summed E-state index contributed by atoms with van der Waals surface area (Å²) in [7, 11) is 0. The molecule has 122 valence electrons. The second-order valence-electron chi connectivity index (χ2n) is 4.88. The minimum absolute atomic E-state index is 0.121. The highest BCUT2D eigenvalue weighted by Crippen LogP contribution is 2.26. The van der Waals surface area contributed by atoms with Crippen LogP contribution in [-0.2, 0) is 9.53 Å². The Morgan fingerprint density at radius 3 is 2.64 bits per heavy atom. The second kappa shape index (κ2) is 6.66. The van der Waals surface area contributed by atoms with E-state index in [1.807, 2.05) is 4.90 Å². The fourth-order valence-corrected chi connectivity index (χ4v) is 2.39. The highest BCUT2D eigenvalue weighted by Gasteiger charge is 2.43. The fraction of sp³-hybridized carbons (Fsp3) is 0.583. The lowest BCUT2D eigenvalue weighted by molar-refractivity contribution is -0.207. The van der Waals surface area contributed by atoms with E-state index < -0.39 is 18.4 Å². The molecule has 0 saturated carbocycles. The fourth-order valence-electron chi connectivity index (χ4n) is 2.25. The number of hydrogen-bond acceptors (Lipinski definition) is 6. The molecule has 0 amide bonds. The van der Waals surface area contributed by atoms with Crippen molar-refractivity contribution in [3.8, 4) is 0 Å². The highest BCUT2D eigenvalue weighted by atomic mass is 35.5. The molecule has 2 heterocycles. The van der Waals surface area contributed by atoms with Gasteiger partial charge in [0.25, 0.3) is 0 Å². The Kier molecular flexibility index (Phi) is 5.07. The number of alkyl halides is 3. The maximum Gasteiger partial charge on any atom is 0.490 e. The number of nitrogens with two attached hydrogens (primary N) is 1. The first kappa shape index (κ1) is 16.8. The van der Waals surface area contributed by atoms with Gasteiger partial charge in [-0.05, 0) is 30.5 Å². The van der Waals surface area contributed by atoms with E-state index in [-0.39, 0.29) is 11.2 Å². The quantitative estimate of drug-likeness (QED) is 0.513. The van der Waals surface area contributed by atoms with Gasteiger partial charge in [-0.25, -0.2) is 14.8 Å². The van der Waals surface area contributed by atoms with Crippen LogP contribution in [0.15, 0.2) is 12.3 Å². The molecule has 2 rings (SSSR count). The monoisotopic (exact) mass is 338 g/mol. The molecule has 1 aromatic rings. The number of halogens is 4. The van der Waals surface area contributed by atoms with Gasteiger partial charge in [0, 0.05) is 25.2 Å². The van der Waals surface area contributed by atoms with E-state index >= 15 is 0 Å². The lowest BCUT2D eigenvalue weighted by Crippen LogP contribution is -2.45. The first-order valence-corrected chi connectivity index (χ1v) is 6.92. The number of piperidine rings is 1. The van der Waals surface area contributed by atoms with E-state index in [2.05, 4.69) is 14.7 Å². The average Bonchev–Trinajstić information content (AvgIpc) is 2.46. The SMILES string of the molecule is NC(OC(=O)C(F)(F)F)C1CCN(c2ccnc(Cl)n2)CC1. The number of hydrogen-bond donors (Lipinski definition) is 1. The van der Waals surface area contributed by atoms with Gasteiger partial charge in [0.15, 0.2) is 6.23 Å². The van der Waals surface area contributed by atoms with Crippen LogP contribution >= 0.6 is 11.6 Å². The molecular weight excluding hydrogens is 325 g/mol. The van der Waals surface area contributed by atoms with Crippen molar-refractivity contribution in [3.05, 3.63) is 17.5 Å². The number of ether oxygens (including phenoxy) is 1. The minimum atomic E-state index is -5.03. The highest BCUT2D eigenvalue weighted by molar-refractivity contribution is 6.28. The van der Waals surface area contributed by atoms with Gasteiger partial charge in [0.05, 0.1) is 0 Å². The smallest absolute Gasteiger partial charge is 0.440 e. The molecule has 0 bridgehead atoms. The summed E-state index contributed by atoms with van der Waals surface area (Å²) in [5, 5.41) is 0.121. The molecule has 0 spiro atoms. The zero-order chi connectivity index (χ0) is 16.3. The van der Waals surface area contributed by atoms with Crippen LogP contribution in [0.5, 0.6) is 0 Å². The first-order chi connectivity index (χ1) is 10.3. The van der Waals surface area contributed by atoms with Crippen molar-refractivity contribution in [3.63, 3.8) is 0 Å². The molecule has 22 heavy (non-hydrogen) atoms. The number of anilines is 1. The van der Waals surface area contributed by atoms with Crippen molar-refractivity contribution in [1.29, 1.82) is 0 Å². The number of nitrogens with zero attached hydrogens (tertiary/aromatic N) is 3. The zero-order valence-corrected chi connectivity index (χ0v) is 12.1. The van der Waals surface area contributed by atoms with Gasteiger partial charge in [-0.3, -0.25) is 5.73 Å². The van der Waals surface area contributed by atoms with E-state index in [0.717, 1.165) is 0 Å². The molecule has 1 aliphatic heterocycles. The minimum Gasteiger partial charge on any atom is -0.440 e. The average molecular weight is 339 g/mol. The number of aromatic nitrogens is 2. The molecule has 10 heteroatoms. The molecule has 1 aliphatic rings. The lowest BCUT2D eigenvalue weighted by Gasteiger charge is -2.34. The summed E-state index contributed by atoms with van der Waals surface area (Å²) >= 11 is 5.71. The van der Waals surface area contributed by atoms with Crippen LogP contribution in [0.1, 0.15) is 12.8 Å². The molecule has 6 nitrogen and oxygen atoms in total. The van der Waals surface area contributed by atoms with Crippen molar-refractivity contribution < 1.29 is 22.7 Å². The molecule has 1 fully saturated rings. The molecule has 1 saturated heterocycles. The van der Waals surface area contributed by atoms with E-state index in [4.69, 9.17) is 17.3 Å². The van der Waals surface area contributed by atoms with Gasteiger partial charge in [0.1, 0.15) is 5.82 Å². The molecule has 0 radical (unpaired) electrons. The van der Waals surface area contributed by atoms with Crippen LogP contribution in [0.4, 0.5) is 19.0 Å². The summed E-state index contributed by atoms with van der Waals surface area (Å²) in [6.45, 7) is 1.05. The molecule has 1 aromatic heterocycles. The van der Waals surface area contributed by atoms with Crippen LogP contribution in [0, 0.1) is 5.92 Å². The Balaban J connectivity index is 1.88. The number of rotatable bonds is 3. The van der Waals surface area contributed by atoms with Crippen LogP contribution in [0.25, 0.3) is 0 Å². The molecule has 0 aromatic carbocycles. The maximum absolute atomic E-state index is 12.1. The van der Waals surface area contributed by atoms with Gasteiger partial charge in [-0.1, -0.05) is 0 Å². The number of carbonyl (C=O) groups excluding carboxylic acids is 1. The predicted octanol–water partition coefficient (Wildman–Crippen LogP) is 1.74. The van der Waals surface area contributed by atoms with Crippen molar-refractivity contribution >= 4 is 23.4 Å². The van der Waals surface area contributed by atoms with E-state index in [1.165, 1.54) is 6.20 Å². The number of carbonyl (C=O) groups is 1. The van der Waals surface area contributed by atoms with Crippen LogP contribution in [0.2, 0.25) is 5.28 Å². The van der Waals surface area contributed by atoms with Crippen molar-refractivity contribution in [2.45, 2.75) is 25.2 Å². The van der Waals surface area contributed by atoms with Gasteiger partial charge >= 0.3 is 12.1 Å². The summed E-state index contributed by atoms with van der Waals surface area (Å²) in [5.41, 5.74) is 5.55. The summed E-state index contributed by atoms with van der Waals surface area (Å²) < 4.78 is 40.7. The Morgan fingerprint density at radius 2 is 2.09 bits per heavy atom. The summed E-state index contributed by atoms with van der Waals surface area (Å²) in [6.07, 6.45) is -3.82. The van der Waals surface area contributed by atoms with Crippen LogP contribution in [-0.4, -0.2) is 41.4 Å². The largest absolute Gasteiger partial charge is 0.490 e. The second-order valence-corrected chi connectivity index (χ2v) is 5.21. The van der Waals surface area contributed by atoms with Crippen molar-refractivity contribution in [1.82, 2.24) is 9.97 Å². The summed E-state index contributed by atoms with van der Waals surface area (Å²) in [4.78, 5) is 20.5. The van der Waals surface area contributed by atoms with Gasteiger partial charge in [-0.2, -0.15) is 13.2 Å². The van der Waals surface area contributed by atoms with Crippen LogP contribution in [0.3, 0.4) is 0 Å². The third kappa shape index (κ3) is 4.20. The third-order valence-corrected chi connectivity index (χ3v) is 3.60. The number of esters is 1. The zero-order valence-electron chi connectivity index (χ0n) is 11.4. The van der Waals surface area contributed by atoms with Gasteiger partial charge < -0.3 is 9.64 Å². The van der Waals surface area contributed by atoms with Gasteiger partial charge in [0.2, 0.25) is 5.28 Å². The standard InChI is InChI=1S/C12H14ClF3N4O2/c13-11-18-4-1-8(19-11)20-5-2-7(3-6-20)9(17)22-10(21)12(14,15)16/h1,4,7,9H,2-3,5-6,17H2. The van der Waals surface area contributed by atoms with Crippen molar-refractivity contribution in [2.75, 3.05) is 18.0 Å². The van der Waals surface area contributed by atoms with E-state index in [1.54, 1.807) is 6.07 Å². The maximum atomic E-state index is 12.1. The normalized spacial score (nSPS) is 18.1. The van der Waals surface area contributed by atoms with Crippen molar-refractivity contribution in [2.24, 2.45) is 11.7 Å². The van der Waals surface area contributed by atoms with Gasteiger partial charge in [-0.15, -0.1) is 0 Å². The predicted molar refractivity (Wildman–Crippen MR) is 72.1 cm³/mol. The van der Waals surface area contributed by atoms with Crippen LogP contribution < -0.4 is 10.6 Å². The Hall–Kier alpha value is -1.61. The summed E-state index contributed by atoms with van der Waals surface area (Å²) in [6, 6.07) is 1.69. The molecule has 0 aliphatic carbocycles. The molecule has 1 unspecified atom stereocenters. The summed E-state index contributed by atoms with van der Waals surface area (Å²) in [5.74, 6) is -1.95. The molecular formula is C12H14ClF3N4O2. The van der Waals surface area contributed by atoms with E-state index in [0.29, 0.717) is 31.7 Å². The first-order valence-electron chi connectivity index (χ1n) is 6.54.